The Morgan fingerprint density at radius 3 is 2.70 bits per heavy atom. The lowest BCUT2D eigenvalue weighted by Gasteiger charge is -1.93. The maximum absolute atomic E-state index is 5.33. The molecule has 114 valence electrons. The van der Waals surface area contributed by atoms with Gasteiger partial charge in [-0.25, -0.2) is 4.98 Å². The Morgan fingerprint density at radius 2 is 1.87 bits per heavy atom. The topological polar surface area (TPSA) is 51.8 Å². The lowest BCUT2D eigenvalue weighted by Crippen LogP contribution is -1.84. The first-order chi connectivity index (χ1) is 11.3. The van der Waals surface area contributed by atoms with Crippen LogP contribution in [-0.4, -0.2) is 15.1 Å². The van der Waals surface area contributed by atoms with Crippen molar-refractivity contribution in [1.29, 1.82) is 0 Å². The van der Waals surface area contributed by atoms with Crippen molar-refractivity contribution in [2.24, 2.45) is 0 Å². The quantitative estimate of drug-likeness (QED) is 0.426. The molecule has 0 spiro atoms. The zero-order chi connectivity index (χ0) is 15.6. The average molecular weight is 404 g/mol. The molecule has 0 aliphatic carbocycles. The van der Waals surface area contributed by atoms with Crippen molar-refractivity contribution in [2.45, 2.75) is 10.1 Å². The number of thioether (sulfide) groups is 1. The number of rotatable bonds is 4. The Balaban J connectivity index is 1.48. The van der Waals surface area contributed by atoms with Gasteiger partial charge in [0.15, 0.2) is 10.2 Å². The van der Waals surface area contributed by atoms with Gasteiger partial charge >= 0.3 is 0 Å². The minimum absolute atomic E-state index is 0.539. The fraction of sp³-hybridized carbons (Fsp3) is 0.0625. The van der Waals surface area contributed by atoms with E-state index in [1.54, 1.807) is 23.1 Å². The van der Waals surface area contributed by atoms with Crippen LogP contribution in [-0.2, 0) is 5.75 Å². The van der Waals surface area contributed by atoms with Gasteiger partial charge in [0.1, 0.15) is 0 Å². The summed E-state index contributed by atoms with van der Waals surface area (Å²) in [6.07, 6.45) is 0. The predicted octanol–water partition coefficient (Wildman–Crippen LogP) is 5.40. The number of hydrogen-bond donors (Lipinski definition) is 0. The molecule has 0 fully saturated rings. The van der Waals surface area contributed by atoms with Crippen molar-refractivity contribution in [3.8, 4) is 11.5 Å². The van der Waals surface area contributed by atoms with Crippen molar-refractivity contribution < 1.29 is 4.52 Å². The van der Waals surface area contributed by atoms with Gasteiger partial charge in [0.25, 0.3) is 5.89 Å². The maximum atomic E-state index is 5.33. The third kappa shape index (κ3) is 3.31. The molecule has 0 unspecified atom stereocenters. The normalized spacial score (nSPS) is 11.2. The number of thiazole rings is 1. The van der Waals surface area contributed by atoms with E-state index in [2.05, 4.69) is 37.1 Å². The molecule has 0 aliphatic heterocycles. The second-order valence-corrected chi connectivity index (χ2v) is 7.93. The van der Waals surface area contributed by atoms with Crippen LogP contribution in [0.5, 0.6) is 0 Å². The van der Waals surface area contributed by atoms with E-state index in [1.165, 1.54) is 4.70 Å². The number of halogens is 1. The standard InChI is InChI=1S/C16H10BrN3OS2/c17-11-7-5-10(6-8-11)15-19-14(20-21-15)9-22-16-18-12-3-1-2-4-13(12)23-16/h1-8H,9H2. The van der Waals surface area contributed by atoms with Gasteiger partial charge in [0.05, 0.1) is 16.0 Å². The van der Waals surface area contributed by atoms with E-state index in [0.29, 0.717) is 17.5 Å². The summed E-state index contributed by atoms with van der Waals surface area (Å²) >= 11 is 6.72. The highest BCUT2D eigenvalue weighted by Crippen LogP contribution is 2.31. The van der Waals surface area contributed by atoms with Gasteiger partial charge in [-0.2, -0.15) is 4.98 Å². The molecule has 0 aliphatic rings. The van der Waals surface area contributed by atoms with Gasteiger partial charge in [0.2, 0.25) is 0 Å². The molecule has 4 nitrogen and oxygen atoms in total. The van der Waals surface area contributed by atoms with Crippen LogP contribution in [0, 0.1) is 0 Å². The zero-order valence-electron chi connectivity index (χ0n) is 11.8. The maximum Gasteiger partial charge on any atom is 0.257 e. The van der Waals surface area contributed by atoms with E-state index in [9.17, 15) is 0 Å². The Morgan fingerprint density at radius 1 is 1.04 bits per heavy atom. The summed E-state index contributed by atoms with van der Waals surface area (Å²) in [6, 6.07) is 15.9. The van der Waals surface area contributed by atoms with Gasteiger partial charge in [-0.1, -0.05) is 45.0 Å². The summed E-state index contributed by atoms with van der Waals surface area (Å²) in [5.74, 6) is 1.85. The average Bonchev–Trinajstić information content (AvgIpc) is 3.20. The van der Waals surface area contributed by atoms with E-state index in [1.807, 2.05) is 42.5 Å². The number of hydrogen-bond acceptors (Lipinski definition) is 6. The van der Waals surface area contributed by atoms with E-state index in [4.69, 9.17) is 4.52 Å². The van der Waals surface area contributed by atoms with Crippen LogP contribution in [0.25, 0.3) is 21.7 Å². The summed E-state index contributed by atoms with van der Waals surface area (Å²) in [4.78, 5) is 9.03. The molecule has 0 radical (unpaired) electrons. The van der Waals surface area contributed by atoms with Gasteiger partial charge < -0.3 is 4.52 Å². The lowest BCUT2D eigenvalue weighted by molar-refractivity contribution is 0.425. The van der Waals surface area contributed by atoms with Gasteiger partial charge in [-0.3, -0.25) is 0 Å². The van der Waals surface area contributed by atoms with E-state index in [-0.39, 0.29) is 0 Å². The van der Waals surface area contributed by atoms with Crippen LogP contribution in [0.2, 0.25) is 0 Å². The Bertz CT molecular complexity index is 916. The monoisotopic (exact) mass is 403 g/mol. The number of nitrogens with zero attached hydrogens (tertiary/aromatic N) is 3. The van der Waals surface area contributed by atoms with Crippen LogP contribution < -0.4 is 0 Å². The molecular weight excluding hydrogens is 394 g/mol. The molecular formula is C16H10BrN3OS2. The minimum Gasteiger partial charge on any atom is -0.334 e. The number of aromatic nitrogens is 3. The zero-order valence-corrected chi connectivity index (χ0v) is 15.0. The molecule has 0 saturated heterocycles. The molecule has 2 heterocycles. The first-order valence-corrected chi connectivity index (χ1v) is 9.44. The first-order valence-electron chi connectivity index (χ1n) is 6.85. The SMILES string of the molecule is Brc1ccc(-c2nc(CSc3nc4ccccc4s3)no2)cc1. The van der Waals surface area contributed by atoms with Crippen LogP contribution in [0.3, 0.4) is 0 Å². The summed E-state index contributed by atoms with van der Waals surface area (Å²) in [7, 11) is 0. The molecule has 4 rings (SSSR count). The van der Waals surface area contributed by atoms with Crippen molar-refractivity contribution in [3.05, 3.63) is 58.8 Å². The fourth-order valence-corrected chi connectivity index (χ4v) is 4.24. The van der Waals surface area contributed by atoms with E-state index in [0.717, 1.165) is 19.9 Å². The molecule has 0 saturated carbocycles. The molecule has 0 bridgehead atoms. The predicted molar refractivity (Wildman–Crippen MR) is 96.6 cm³/mol. The molecule has 7 heteroatoms. The molecule has 0 atom stereocenters. The minimum atomic E-state index is 0.539. The molecule has 2 aromatic heterocycles. The summed E-state index contributed by atoms with van der Waals surface area (Å²) in [6.45, 7) is 0. The highest BCUT2D eigenvalue weighted by molar-refractivity contribution is 9.10. The highest BCUT2D eigenvalue weighted by Gasteiger charge is 2.10. The molecule has 0 amide bonds. The van der Waals surface area contributed by atoms with Crippen molar-refractivity contribution >= 4 is 49.2 Å². The molecule has 4 aromatic rings. The third-order valence-electron chi connectivity index (χ3n) is 3.16. The smallest absolute Gasteiger partial charge is 0.257 e. The van der Waals surface area contributed by atoms with Crippen LogP contribution in [0.15, 0.2) is 61.9 Å². The van der Waals surface area contributed by atoms with Crippen LogP contribution in [0.4, 0.5) is 0 Å². The Labute approximate surface area is 149 Å². The number of fused-ring (bicyclic) bond motifs is 1. The van der Waals surface area contributed by atoms with Crippen molar-refractivity contribution in [3.63, 3.8) is 0 Å². The molecule has 2 aromatic carbocycles. The van der Waals surface area contributed by atoms with E-state index >= 15 is 0 Å². The number of benzene rings is 2. The van der Waals surface area contributed by atoms with Gasteiger partial charge in [0, 0.05) is 10.0 Å². The summed E-state index contributed by atoms with van der Waals surface area (Å²) < 4.78 is 8.56. The largest absolute Gasteiger partial charge is 0.334 e. The molecule has 23 heavy (non-hydrogen) atoms. The molecule has 0 N–H and O–H groups in total. The van der Waals surface area contributed by atoms with Crippen LogP contribution >= 0.6 is 39.0 Å². The number of para-hydroxylation sites is 1. The second kappa shape index (κ2) is 6.43. The Kier molecular flexibility index (Phi) is 4.15. The van der Waals surface area contributed by atoms with Crippen LogP contribution in [0.1, 0.15) is 5.82 Å². The second-order valence-electron chi connectivity index (χ2n) is 4.76. The van der Waals surface area contributed by atoms with E-state index < -0.39 is 0 Å². The lowest BCUT2D eigenvalue weighted by atomic mass is 10.2. The van der Waals surface area contributed by atoms with Gasteiger partial charge in [-0.05, 0) is 36.4 Å². The Hall–Kier alpha value is -1.70. The fourth-order valence-electron chi connectivity index (χ4n) is 2.06. The van der Waals surface area contributed by atoms with Crippen molar-refractivity contribution in [1.82, 2.24) is 15.1 Å². The summed E-state index contributed by atoms with van der Waals surface area (Å²) in [5, 5.41) is 4.04. The first kappa shape index (κ1) is 14.9. The van der Waals surface area contributed by atoms with Gasteiger partial charge in [-0.15, -0.1) is 11.3 Å². The third-order valence-corrected chi connectivity index (χ3v) is 5.86. The summed E-state index contributed by atoms with van der Waals surface area (Å²) in [5.41, 5.74) is 1.95. The van der Waals surface area contributed by atoms with Crippen molar-refractivity contribution in [2.75, 3.05) is 0 Å². The highest BCUT2D eigenvalue weighted by atomic mass is 79.9.